The van der Waals surface area contributed by atoms with Crippen LogP contribution in [0, 0.1) is 0 Å². The van der Waals surface area contributed by atoms with Crippen LogP contribution in [0.2, 0.25) is 0 Å². The lowest BCUT2D eigenvalue weighted by Gasteiger charge is -2.33. The van der Waals surface area contributed by atoms with Crippen molar-refractivity contribution in [2.24, 2.45) is 0 Å². The number of fused-ring (bicyclic) bond motifs is 1. The molecule has 0 fully saturated rings. The second-order valence-corrected chi connectivity index (χ2v) is 5.17. The lowest BCUT2D eigenvalue weighted by atomic mass is 9.92. The van der Waals surface area contributed by atoms with Gasteiger partial charge in [0.05, 0.1) is 5.69 Å². The van der Waals surface area contributed by atoms with Crippen molar-refractivity contribution < 1.29 is 14.6 Å². The Labute approximate surface area is 119 Å². The number of hydrogen-bond donors (Lipinski definition) is 1. The number of hydrogen-bond acceptors (Lipinski definition) is 2. The van der Waals surface area contributed by atoms with Crippen LogP contribution in [-0.4, -0.2) is 23.3 Å². The molecule has 0 radical (unpaired) electrons. The number of carbonyl (C=O) groups is 1. The second-order valence-electron chi connectivity index (χ2n) is 5.17. The molecule has 0 spiro atoms. The zero-order valence-corrected chi connectivity index (χ0v) is 12.0. The molecule has 0 aromatic heterocycles. The van der Waals surface area contributed by atoms with Crippen LogP contribution in [0.4, 0.5) is 10.5 Å². The maximum Gasteiger partial charge on any atom is 0.411 e. The maximum atomic E-state index is 11.2. The number of nitrogens with zero attached hydrogens (tertiary/aromatic N) is 1. The van der Waals surface area contributed by atoms with Crippen molar-refractivity contribution >= 4 is 17.9 Å². The Morgan fingerprint density at radius 1 is 1.50 bits per heavy atom. The fourth-order valence-corrected chi connectivity index (χ4v) is 2.31. The van der Waals surface area contributed by atoms with E-state index < -0.39 is 11.7 Å². The first-order chi connectivity index (χ1) is 9.39. The van der Waals surface area contributed by atoms with Gasteiger partial charge in [-0.15, -0.1) is 0 Å². The van der Waals surface area contributed by atoms with E-state index in [0.717, 1.165) is 11.1 Å². The van der Waals surface area contributed by atoms with Crippen LogP contribution in [0.5, 0.6) is 5.75 Å². The molecule has 1 aliphatic heterocycles. The average Bonchev–Trinajstić information content (AvgIpc) is 2.37. The highest BCUT2D eigenvalue weighted by Crippen LogP contribution is 2.38. The van der Waals surface area contributed by atoms with Crippen molar-refractivity contribution in [1.82, 2.24) is 0 Å². The quantitative estimate of drug-likeness (QED) is 0.907. The van der Waals surface area contributed by atoms with E-state index in [1.54, 1.807) is 25.1 Å². The average molecular weight is 273 g/mol. The molecule has 1 N–H and O–H groups in total. The van der Waals surface area contributed by atoms with Crippen LogP contribution in [0.15, 0.2) is 36.4 Å². The molecule has 2 rings (SSSR count). The number of amides is 1. The van der Waals surface area contributed by atoms with Crippen LogP contribution < -0.4 is 9.64 Å². The van der Waals surface area contributed by atoms with Gasteiger partial charge < -0.3 is 9.84 Å². The molecule has 0 saturated heterocycles. The summed E-state index contributed by atoms with van der Waals surface area (Å²) in [6.07, 6.45) is 2.84. The van der Waals surface area contributed by atoms with Crippen molar-refractivity contribution in [1.29, 1.82) is 0 Å². The van der Waals surface area contributed by atoms with Crippen LogP contribution >= 0.6 is 0 Å². The molecule has 106 valence electrons. The van der Waals surface area contributed by atoms with Crippen molar-refractivity contribution in [3.8, 4) is 5.75 Å². The Kier molecular flexibility index (Phi) is 3.57. The molecule has 0 aliphatic carbocycles. The van der Waals surface area contributed by atoms with E-state index >= 15 is 0 Å². The fraction of sp³-hybridized carbons (Fsp3) is 0.312. The number of ether oxygens (including phenoxy) is 1. The summed E-state index contributed by atoms with van der Waals surface area (Å²) in [4.78, 5) is 12.5. The molecule has 4 heteroatoms. The molecule has 0 atom stereocenters. The SMILES string of the molecule is C=CC1=Cc2ccc(N(CC)C(=O)O)cc2OC1(C)C. The van der Waals surface area contributed by atoms with Crippen LogP contribution in [0.1, 0.15) is 26.3 Å². The number of rotatable bonds is 3. The second kappa shape index (κ2) is 5.04. The van der Waals surface area contributed by atoms with Gasteiger partial charge in [-0.2, -0.15) is 0 Å². The summed E-state index contributed by atoms with van der Waals surface area (Å²) >= 11 is 0. The third-order valence-corrected chi connectivity index (χ3v) is 3.45. The highest BCUT2D eigenvalue weighted by Gasteiger charge is 2.29. The monoisotopic (exact) mass is 273 g/mol. The van der Waals surface area contributed by atoms with Gasteiger partial charge in [0.1, 0.15) is 11.4 Å². The van der Waals surface area contributed by atoms with E-state index in [1.807, 2.05) is 26.0 Å². The topological polar surface area (TPSA) is 49.8 Å². The minimum absolute atomic E-state index is 0.394. The van der Waals surface area contributed by atoms with Crippen molar-refractivity contribution in [2.45, 2.75) is 26.4 Å². The van der Waals surface area contributed by atoms with E-state index in [2.05, 4.69) is 6.58 Å². The van der Waals surface area contributed by atoms with Crippen LogP contribution in [0.3, 0.4) is 0 Å². The summed E-state index contributed by atoms with van der Waals surface area (Å²) < 4.78 is 5.98. The molecule has 0 bridgehead atoms. The molecule has 0 unspecified atom stereocenters. The highest BCUT2D eigenvalue weighted by atomic mass is 16.5. The van der Waals surface area contributed by atoms with E-state index in [9.17, 15) is 9.90 Å². The Balaban J connectivity index is 2.47. The summed E-state index contributed by atoms with van der Waals surface area (Å²) in [5.74, 6) is 0.692. The third kappa shape index (κ3) is 2.41. The first-order valence-corrected chi connectivity index (χ1v) is 6.57. The number of carboxylic acid groups (broad SMARTS) is 1. The molecule has 1 aliphatic rings. The zero-order valence-electron chi connectivity index (χ0n) is 12.0. The first-order valence-electron chi connectivity index (χ1n) is 6.57. The molecule has 4 nitrogen and oxygen atoms in total. The van der Waals surface area contributed by atoms with Crippen molar-refractivity contribution in [3.63, 3.8) is 0 Å². The molecule has 1 amide bonds. The van der Waals surface area contributed by atoms with Gasteiger partial charge in [0.2, 0.25) is 0 Å². The van der Waals surface area contributed by atoms with Crippen molar-refractivity contribution in [3.05, 3.63) is 42.0 Å². The molecule has 1 aromatic carbocycles. The molecule has 1 heterocycles. The zero-order chi connectivity index (χ0) is 14.9. The lowest BCUT2D eigenvalue weighted by molar-refractivity contribution is 0.149. The lowest BCUT2D eigenvalue weighted by Crippen LogP contribution is -2.33. The Morgan fingerprint density at radius 3 is 2.75 bits per heavy atom. The predicted molar refractivity (Wildman–Crippen MR) is 80.4 cm³/mol. The Bertz CT molecular complexity index is 587. The van der Waals surface area contributed by atoms with Gasteiger partial charge in [-0.1, -0.05) is 12.7 Å². The summed E-state index contributed by atoms with van der Waals surface area (Å²) in [6.45, 7) is 9.92. The van der Waals surface area contributed by atoms with Crippen LogP contribution in [0.25, 0.3) is 6.08 Å². The van der Waals surface area contributed by atoms with Gasteiger partial charge in [-0.3, -0.25) is 4.90 Å². The summed E-state index contributed by atoms with van der Waals surface area (Å²) in [5.41, 5.74) is 2.09. The minimum Gasteiger partial charge on any atom is -0.482 e. The molecular formula is C16H19NO3. The predicted octanol–water partition coefficient (Wildman–Crippen LogP) is 3.93. The normalized spacial score (nSPS) is 15.7. The standard InChI is InChI=1S/C16H19NO3/c1-5-12-9-11-7-8-13(17(6-2)15(18)19)10-14(11)20-16(12,3)4/h5,7-10H,1,6H2,2-4H3,(H,18,19). The fourth-order valence-electron chi connectivity index (χ4n) is 2.31. The Morgan fingerprint density at radius 2 is 2.20 bits per heavy atom. The first kappa shape index (κ1) is 14.2. The van der Waals surface area contributed by atoms with Crippen LogP contribution in [-0.2, 0) is 0 Å². The van der Waals surface area contributed by atoms with E-state index in [1.165, 1.54) is 4.90 Å². The summed E-state index contributed by atoms with van der Waals surface area (Å²) in [6, 6.07) is 5.43. The maximum absolute atomic E-state index is 11.2. The summed E-state index contributed by atoms with van der Waals surface area (Å²) in [7, 11) is 0. The minimum atomic E-state index is -0.968. The summed E-state index contributed by atoms with van der Waals surface area (Å²) in [5, 5.41) is 9.17. The third-order valence-electron chi connectivity index (χ3n) is 3.45. The van der Waals surface area contributed by atoms with Gasteiger partial charge in [0, 0.05) is 18.2 Å². The van der Waals surface area contributed by atoms with E-state index in [4.69, 9.17) is 4.74 Å². The van der Waals surface area contributed by atoms with Gasteiger partial charge in [0.15, 0.2) is 0 Å². The van der Waals surface area contributed by atoms with Gasteiger partial charge in [-0.05, 0) is 44.6 Å². The molecular weight excluding hydrogens is 254 g/mol. The molecule has 0 saturated carbocycles. The van der Waals surface area contributed by atoms with E-state index in [-0.39, 0.29) is 0 Å². The smallest absolute Gasteiger partial charge is 0.411 e. The van der Waals surface area contributed by atoms with Crippen molar-refractivity contribution in [2.75, 3.05) is 11.4 Å². The number of anilines is 1. The van der Waals surface area contributed by atoms with Gasteiger partial charge in [0.25, 0.3) is 0 Å². The number of benzene rings is 1. The highest BCUT2D eigenvalue weighted by molar-refractivity contribution is 5.87. The Hall–Kier alpha value is -2.23. The van der Waals surface area contributed by atoms with Gasteiger partial charge >= 0.3 is 6.09 Å². The molecule has 20 heavy (non-hydrogen) atoms. The van der Waals surface area contributed by atoms with E-state index in [0.29, 0.717) is 18.0 Å². The molecule has 1 aromatic rings. The largest absolute Gasteiger partial charge is 0.482 e. The van der Waals surface area contributed by atoms with Gasteiger partial charge in [-0.25, -0.2) is 4.79 Å².